The SMILES string of the molecule is CN(Cc1cc(-c2cccs2)on1)C(=O)C1CC1. The summed E-state index contributed by atoms with van der Waals surface area (Å²) >= 11 is 1.62. The molecule has 0 spiro atoms. The van der Waals surface area contributed by atoms with E-state index in [-0.39, 0.29) is 11.8 Å². The van der Waals surface area contributed by atoms with Crippen molar-refractivity contribution in [2.24, 2.45) is 5.92 Å². The van der Waals surface area contributed by atoms with Crippen LogP contribution < -0.4 is 0 Å². The van der Waals surface area contributed by atoms with E-state index in [0.29, 0.717) is 6.54 Å². The molecule has 0 unspecified atom stereocenters. The fourth-order valence-corrected chi connectivity index (χ4v) is 2.56. The van der Waals surface area contributed by atoms with Gasteiger partial charge in [-0.3, -0.25) is 4.79 Å². The van der Waals surface area contributed by atoms with Crippen molar-refractivity contribution in [3.63, 3.8) is 0 Å². The molecule has 1 aliphatic carbocycles. The normalized spacial score (nSPS) is 14.7. The molecule has 18 heavy (non-hydrogen) atoms. The Labute approximate surface area is 109 Å². The Hall–Kier alpha value is -1.62. The van der Waals surface area contributed by atoms with Crippen LogP contribution in [0.4, 0.5) is 0 Å². The largest absolute Gasteiger partial charge is 0.355 e. The lowest BCUT2D eigenvalue weighted by Gasteiger charge is -2.14. The zero-order valence-corrected chi connectivity index (χ0v) is 10.9. The third-order valence-electron chi connectivity index (χ3n) is 3.02. The molecule has 0 atom stereocenters. The van der Waals surface area contributed by atoms with Gasteiger partial charge in [0.25, 0.3) is 0 Å². The smallest absolute Gasteiger partial charge is 0.225 e. The maximum Gasteiger partial charge on any atom is 0.225 e. The molecular formula is C13H14N2O2S. The van der Waals surface area contributed by atoms with Crippen LogP contribution in [0.5, 0.6) is 0 Å². The molecule has 1 saturated carbocycles. The lowest BCUT2D eigenvalue weighted by atomic mass is 10.3. The summed E-state index contributed by atoms with van der Waals surface area (Å²) in [6, 6.07) is 5.88. The molecule has 0 N–H and O–H groups in total. The number of aromatic nitrogens is 1. The van der Waals surface area contributed by atoms with Gasteiger partial charge in [-0.1, -0.05) is 11.2 Å². The van der Waals surface area contributed by atoms with Crippen LogP contribution in [0.25, 0.3) is 10.6 Å². The first-order valence-corrected chi connectivity index (χ1v) is 6.86. The van der Waals surface area contributed by atoms with Crippen LogP contribution in [0.3, 0.4) is 0 Å². The van der Waals surface area contributed by atoms with Crippen LogP contribution in [0.1, 0.15) is 18.5 Å². The molecule has 2 aromatic heterocycles. The topological polar surface area (TPSA) is 46.3 Å². The summed E-state index contributed by atoms with van der Waals surface area (Å²) in [6.07, 6.45) is 2.06. The number of hydrogen-bond acceptors (Lipinski definition) is 4. The monoisotopic (exact) mass is 262 g/mol. The zero-order valence-electron chi connectivity index (χ0n) is 10.1. The van der Waals surface area contributed by atoms with Crippen molar-refractivity contribution in [2.75, 3.05) is 7.05 Å². The van der Waals surface area contributed by atoms with E-state index in [4.69, 9.17) is 4.52 Å². The lowest BCUT2D eigenvalue weighted by molar-refractivity contribution is -0.131. The second-order valence-electron chi connectivity index (χ2n) is 4.63. The molecule has 5 heteroatoms. The second-order valence-corrected chi connectivity index (χ2v) is 5.58. The summed E-state index contributed by atoms with van der Waals surface area (Å²) in [7, 11) is 1.82. The number of carbonyl (C=O) groups is 1. The number of rotatable bonds is 4. The van der Waals surface area contributed by atoms with Crippen LogP contribution in [0.15, 0.2) is 28.1 Å². The first kappa shape index (κ1) is 11.5. The van der Waals surface area contributed by atoms with Gasteiger partial charge in [-0.25, -0.2) is 0 Å². The minimum absolute atomic E-state index is 0.218. The average molecular weight is 262 g/mol. The minimum atomic E-state index is 0.218. The van der Waals surface area contributed by atoms with E-state index in [2.05, 4.69) is 5.16 Å². The first-order chi connectivity index (χ1) is 8.74. The Bertz CT molecular complexity index is 543. The van der Waals surface area contributed by atoms with Crippen LogP contribution in [0.2, 0.25) is 0 Å². The molecular weight excluding hydrogens is 248 g/mol. The van der Waals surface area contributed by atoms with Gasteiger partial charge in [0.1, 0.15) is 5.69 Å². The van der Waals surface area contributed by atoms with Gasteiger partial charge in [0.05, 0.1) is 11.4 Å². The molecule has 4 nitrogen and oxygen atoms in total. The van der Waals surface area contributed by atoms with Gasteiger partial charge in [0.15, 0.2) is 5.76 Å². The van der Waals surface area contributed by atoms with E-state index < -0.39 is 0 Å². The van der Waals surface area contributed by atoms with Crippen molar-refractivity contribution in [3.05, 3.63) is 29.3 Å². The molecule has 94 valence electrons. The number of thiophene rings is 1. The van der Waals surface area contributed by atoms with Crippen molar-refractivity contribution in [1.29, 1.82) is 0 Å². The third-order valence-corrected chi connectivity index (χ3v) is 3.91. The summed E-state index contributed by atoms with van der Waals surface area (Å²) in [5.41, 5.74) is 0.801. The van der Waals surface area contributed by atoms with Crippen LogP contribution in [0, 0.1) is 5.92 Å². The van der Waals surface area contributed by atoms with Crippen molar-refractivity contribution in [3.8, 4) is 10.6 Å². The Morgan fingerprint density at radius 3 is 3.11 bits per heavy atom. The summed E-state index contributed by atoms with van der Waals surface area (Å²) in [5.74, 6) is 1.24. The summed E-state index contributed by atoms with van der Waals surface area (Å²) in [5, 5.41) is 6.01. The predicted octanol–water partition coefficient (Wildman–Crippen LogP) is 2.77. The highest BCUT2D eigenvalue weighted by Gasteiger charge is 2.32. The van der Waals surface area contributed by atoms with Gasteiger partial charge in [0, 0.05) is 19.0 Å². The number of carbonyl (C=O) groups excluding carboxylic acids is 1. The van der Waals surface area contributed by atoms with Crippen LogP contribution >= 0.6 is 11.3 Å². The van der Waals surface area contributed by atoms with Crippen molar-refractivity contribution in [2.45, 2.75) is 19.4 Å². The third kappa shape index (κ3) is 2.31. The van der Waals surface area contributed by atoms with Gasteiger partial charge in [-0.15, -0.1) is 11.3 Å². The Balaban J connectivity index is 1.68. The highest BCUT2D eigenvalue weighted by Crippen LogP contribution is 2.31. The van der Waals surface area contributed by atoms with Gasteiger partial charge >= 0.3 is 0 Å². The zero-order chi connectivity index (χ0) is 12.5. The van der Waals surface area contributed by atoms with E-state index in [1.165, 1.54) is 0 Å². The minimum Gasteiger partial charge on any atom is -0.355 e. The Kier molecular flexibility index (Phi) is 2.91. The van der Waals surface area contributed by atoms with E-state index in [9.17, 15) is 4.79 Å². The maximum atomic E-state index is 11.8. The molecule has 1 aliphatic rings. The molecule has 1 fully saturated rings. The maximum absolute atomic E-state index is 11.8. The second kappa shape index (κ2) is 4.57. The van der Waals surface area contributed by atoms with Gasteiger partial charge in [0.2, 0.25) is 5.91 Å². The molecule has 0 aliphatic heterocycles. The van der Waals surface area contributed by atoms with Crippen LogP contribution in [-0.2, 0) is 11.3 Å². The molecule has 0 aromatic carbocycles. The molecule has 3 rings (SSSR count). The number of amides is 1. The van der Waals surface area contributed by atoms with Crippen molar-refractivity contribution >= 4 is 17.2 Å². The van der Waals surface area contributed by atoms with Crippen LogP contribution in [-0.4, -0.2) is 23.0 Å². The van der Waals surface area contributed by atoms with Crippen molar-refractivity contribution in [1.82, 2.24) is 10.1 Å². The number of hydrogen-bond donors (Lipinski definition) is 0. The van der Waals surface area contributed by atoms with Gasteiger partial charge in [-0.05, 0) is 24.3 Å². The molecule has 0 saturated heterocycles. The molecule has 2 heterocycles. The summed E-state index contributed by atoms with van der Waals surface area (Å²) in [4.78, 5) is 14.6. The average Bonchev–Trinajstić information content (AvgIpc) is 2.89. The molecule has 0 radical (unpaired) electrons. The van der Waals surface area contributed by atoms with Gasteiger partial charge < -0.3 is 9.42 Å². The van der Waals surface area contributed by atoms with E-state index in [1.54, 1.807) is 16.2 Å². The van der Waals surface area contributed by atoms with Crippen molar-refractivity contribution < 1.29 is 9.32 Å². The molecule has 1 amide bonds. The fraction of sp³-hybridized carbons (Fsp3) is 0.385. The van der Waals surface area contributed by atoms with E-state index >= 15 is 0 Å². The number of nitrogens with zero attached hydrogens (tertiary/aromatic N) is 2. The summed E-state index contributed by atoms with van der Waals surface area (Å²) < 4.78 is 5.29. The van der Waals surface area contributed by atoms with E-state index in [0.717, 1.165) is 29.2 Å². The summed E-state index contributed by atoms with van der Waals surface area (Å²) in [6.45, 7) is 0.518. The highest BCUT2D eigenvalue weighted by molar-refractivity contribution is 7.13. The fourth-order valence-electron chi connectivity index (χ4n) is 1.88. The Morgan fingerprint density at radius 1 is 1.61 bits per heavy atom. The van der Waals surface area contributed by atoms with E-state index in [1.807, 2.05) is 30.6 Å². The first-order valence-electron chi connectivity index (χ1n) is 5.98. The quantitative estimate of drug-likeness (QED) is 0.851. The van der Waals surface area contributed by atoms with Gasteiger partial charge in [-0.2, -0.15) is 0 Å². The predicted molar refractivity (Wildman–Crippen MR) is 69.0 cm³/mol. The highest BCUT2D eigenvalue weighted by atomic mass is 32.1. The molecule has 0 bridgehead atoms. The molecule has 2 aromatic rings. The lowest BCUT2D eigenvalue weighted by Crippen LogP contribution is -2.27. The Morgan fingerprint density at radius 2 is 2.44 bits per heavy atom. The standard InChI is InChI=1S/C13H14N2O2S/c1-15(13(16)9-4-5-9)8-10-7-11(17-14-10)12-3-2-6-18-12/h2-3,6-7,9H,4-5,8H2,1H3.